The van der Waals surface area contributed by atoms with Gasteiger partial charge in [0.1, 0.15) is 5.82 Å². The second-order valence-corrected chi connectivity index (χ2v) is 4.78. The van der Waals surface area contributed by atoms with E-state index in [-0.39, 0.29) is 11.2 Å². The third-order valence-electron chi connectivity index (χ3n) is 3.42. The van der Waals surface area contributed by atoms with E-state index in [0.717, 1.165) is 26.1 Å². The number of hydrogen-bond acceptors (Lipinski definition) is 2. The van der Waals surface area contributed by atoms with Crippen LogP contribution in [0.15, 0.2) is 18.2 Å². The van der Waals surface area contributed by atoms with Gasteiger partial charge in [-0.25, -0.2) is 4.39 Å². The minimum absolute atomic E-state index is 0.135. The van der Waals surface area contributed by atoms with Crippen molar-refractivity contribution in [3.63, 3.8) is 0 Å². The fourth-order valence-corrected chi connectivity index (χ4v) is 2.03. The van der Waals surface area contributed by atoms with E-state index < -0.39 is 0 Å². The highest BCUT2D eigenvalue weighted by molar-refractivity contribution is 5.24. The van der Waals surface area contributed by atoms with E-state index in [9.17, 15) is 4.39 Å². The number of benzene rings is 1. The molecule has 0 bridgehead atoms. The monoisotopic (exact) mass is 223 g/mol. The zero-order valence-electron chi connectivity index (χ0n) is 9.63. The van der Waals surface area contributed by atoms with Crippen molar-refractivity contribution in [1.29, 1.82) is 0 Å². The fraction of sp³-hybridized carbons (Fsp3) is 0.538. The van der Waals surface area contributed by atoms with Crippen molar-refractivity contribution in [2.75, 3.05) is 19.8 Å². The first-order chi connectivity index (χ1) is 7.65. The third kappa shape index (κ3) is 2.25. The van der Waals surface area contributed by atoms with Crippen LogP contribution in [0.5, 0.6) is 0 Å². The Morgan fingerprint density at radius 2 is 2.19 bits per heavy atom. The van der Waals surface area contributed by atoms with Crippen LogP contribution in [0.2, 0.25) is 0 Å². The predicted molar refractivity (Wildman–Crippen MR) is 61.8 cm³/mol. The second kappa shape index (κ2) is 4.52. The molecule has 0 atom stereocenters. The normalized spacial score (nSPS) is 18.2. The highest BCUT2D eigenvalue weighted by atomic mass is 19.1. The van der Waals surface area contributed by atoms with Crippen molar-refractivity contribution in [3.8, 4) is 0 Å². The Kier molecular flexibility index (Phi) is 3.26. The first-order valence-electron chi connectivity index (χ1n) is 5.68. The van der Waals surface area contributed by atoms with Crippen molar-refractivity contribution in [2.45, 2.75) is 19.8 Å². The summed E-state index contributed by atoms with van der Waals surface area (Å²) in [5, 5.41) is 0. The van der Waals surface area contributed by atoms with Gasteiger partial charge in [0.15, 0.2) is 0 Å². The van der Waals surface area contributed by atoms with Gasteiger partial charge >= 0.3 is 0 Å². The Labute approximate surface area is 95.6 Å². The van der Waals surface area contributed by atoms with E-state index in [1.165, 1.54) is 11.6 Å². The molecule has 1 fully saturated rings. The Hall–Kier alpha value is -0.930. The summed E-state index contributed by atoms with van der Waals surface area (Å²) >= 11 is 0. The molecule has 1 aliphatic rings. The van der Waals surface area contributed by atoms with Crippen LogP contribution in [-0.4, -0.2) is 19.8 Å². The highest BCUT2D eigenvalue weighted by Crippen LogP contribution is 2.31. The van der Waals surface area contributed by atoms with Crippen LogP contribution >= 0.6 is 0 Å². The van der Waals surface area contributed by atoms with Crippen LogP contribution in [0.25, 0.3) is 0 Å². The fourth-order valence-electron chi connectivity index (χ4n) is 2.03. The van der Waals surface area contributed by atoms with Crippen molar-refractivity contribution in [2.24, 2.45) is 11.1 Å². The molecule has 16 heavy (non-hydrogen) atoms. The van der Waals surface area contributed by atoms with Crippen LogP contribution in [0.4, 0.5) is 4.39 Å². The topological polar surface area (TPSA) is 35.2 Å². The molecule has 0 saturated carbocycles. The maximum Gasteiger partial charge on any atom is 0.126 e. The maximum atomic E-state index is 13.1. The Bertz CT molecular complexity index is 369. The van der Waals surface area contributed by atoms with Gasteiger partial charge in [-0.15, -0.1) is 0 Å². The van der Waals surface area contributed by atoms with Gasteiger partial charge in [0.2, 0.25) is 0 Å². The van der Waals surface area contributed by atoms with Gasteiger partial charge in [-0.1, -0.05) is 12.1 Å². The van der Waals surface area contributed by atoms with Gasteiger partial charge in [-0.2, -0.15) is 0 Å². The van der Waals surface area contributed by atoms with Gasteiger partial charge in [0.05, 0.1) is 13.2 Å². The van der Waals surface area contributed by atoms with Crippen LogP contribution < -0.4 is 5.73 Å². The number of halogens is 1. The molecule has 0 spiro atoms. The zero-order chi connectivity index (χ0) is 11.6. The molecule has 2 nitrogen and oxygen atoms in total. The molecule has 1 aliphatic heterocycles. The van der Waals surface area contributed by atoms with Gasteiger partial charge in [0, 0.05) is 12.0 Å². The molecule has 0 radical (unpaired) electrons. The molecule has 2 N–H and O–H groups in total. The minimum atomic E-state index is -0.135. The standard InChI is InChI=1S/C13H18FNO/c1-10-6-11(2-3-12(10)14)4-5-13(7-15)8-16-9-13/h2-3,6H,4-5,7-9,15H2,1H3. The largest absolute Gasteiger partial charge is 0.380 e. The smallest absolute Gasteiger partial charge is 0.126 e. The number of nitrogens with two attached hydrogens (primary N) is 1. The number of aryl methyl sites for hydroxylation is 2. The van der Waals surface area contributed by atoms with Gasteiger partial charge in [-0.05, 0) is 37.0 Å². The second-order valence-electron chi connectivity index (χ2n) is 4.78. The summed E-state index contributed by atoms with van der Waals surface area (Å²) < 4.78 is 18.3. The van der Waals surface area contributed by atoms with E-state index in [0.29, 0.717) is 12.1 Å². The third-order valence-corrected chi connectivity index (χ3v) is 3.42. The summed E-state index contributed by atoms with van der Waals surface area (Å²) in [6, 6.07) is 5.31. The summed E-state index contributed by atoms with van der Waals surface area (Å²) in [6.07, 6.45) is 1.97. The number of rotatable bonds is 4. The average molecular weight is 223 g/mol. The first-order valence-corrected chi connectivity index (χ1v) is 5.68. The molecular weight excluding hydrogens is 205 g/mol. The molecule has 0 amide bonds. The summed E-state index contributed by atoms with van der Waals surface area (Å²) in [5.41, 5.74) is 7.81. The quantitative estimate of drug-likeness (QED) is 0.847. The molecule has 88 valence electrons. The average Bonchev–Trinajstić information content (AvgIpc) is 2.22. The lowest BCUT2D eigenvalue weighted by molar-refractivity contribution is -0.111. The number of ether oxygens (including phenoxy) is 1. The van der Waals surface area contributed by atoms with Crippen molar-refractivity contribution in [1.82, 2.24) is 0 Å². The maximum absolute atomic E-state index is 13.1. The van der Waals surface area contributed by atoms with E-state index in [2.05, 4.69) is 0 Å². The van der Waals surface area contributed by atoms with E-state index >= 15 is 0 Å². The summed E-state index contributed by atoms with van der Waals surface area (Å²) in [6.45, 7) is 4.00. The molecule has 3 heteroatoms. The lowest BCUT2D eigenvalue weighted by atomic mass is 9.80. The molecule has 1 aromatic rings. The van der Waals surface area contributed by atoms with Crippen LogP contribution in [0.1, 0.15) is 17.5 Å². The molecule has 0 unspecified atom stereocenters. The molecule has 0 aromatic heterocycles. The van der Waals surface area contributed by atoms with Crippen molar-refractivity contribution in [3.05, 3.63) is 35.1 Å². The predicted octanol–water partition coefficient (Wildman–Crippen LogP) is 2.04. The van der Waals surface area contributed by atoms with Gasteiger partial charge in [0.25, 0.3) is 0 Å². The van der Waals surface area contributed by atoms with Crippen molar-refractivity contribution >= 4 is 0 Å². The Morgan fingerprint density at radius 1 is 1.44 bits per heavy atom. The lowest BCUT2D eigenvalue weighted by Crippen LogP contribution is -2.48. The van der Waals surface area contributed by atoms with E-state index in [1.54, 1.807) is 6.92 Å². The molecular formula is C13H18FNO. The van der Waals surface area contributed by atoms with Crippen LogP contribution in [-0.2, 0) is 11.2 Å². The van der Waals surface area contributed by atoms with Gasteiger partial charge in [-0.3, -0.25) is 0 Å². The first kappa shape index (κ1) is 11.6. The molecule has 2 rings (SSSR count). The van der Waals surface area contributed by atoms with E-state index in [1.807, 2.05) is 12.1 Å². The molecule has 1 heterocycles. The molecule has 0 aliphatic carbocycles. The highest BCUT2D eigenvalue weighted by Gasteiger charge is 2.36. The lowest BCUT2D eigenvalue weighted by Gasteiger charge is -2.40. The SMILES string of the molecule is Cc1cc(CCC2(CN)COC2)ccc1F. The van der Waals surface area contributed by atoms with Crippen LogP contribution in [0.3, 0.4) is 0 Å². The molecule has 1 saturated heterocycles. The summed E-state index contributed by atoms with van der Waals surface area (Å²) in [7, 11) is 0. The van der Waals surface area contributed by atoms with E-state index in [4.69, 9.17) is 10.5 Å². The van der Waals surface area contributed by atoms with Gasteiger partial charge < -0.3 is 10.5 Å². The minimum Gasteiger partial charge on any atom is -0.380 e. The Morgan fingerprint density at radius 3 is 2.69 bits per heavy atom. The Balaban J connectivity index is 1.96. The van der Waals surface area contributed by atoms with Crippen LogP contribution in [0, 0.1) is 18.2 Å². The number of hydrogen-bond donors (Lipinski definition) is 1. The van der Waals surface area contributed by atoms with Crippen molar-refractivity contribution < 1.29 is 9.13 Å². The summed E-state index contributed by atoms with van der Waals surface area (Å²) in [4.78, 5) is 0. The zero-order valence-corrected chi connectivity index (χ0v) is 9.63. The molecule has 1 aromatic carbocycles. The summed E-state index contributed by atoms with van der Waals surface area (Å²) in [5.74, 6) is -0.135.